The lowest BCUT2D eigenvalue weighted by Crippen LogP contribution is -2.58. The van der Waals surface area contributed by atoms with Gasteiger partial charge in [0, 0.05) is 37.1 Å². The molecular weight excluding hydrogens is 442 g/mol. The average molecular weight is 480 g/mol. The molecule has 0 radical (unpaired) electrons. The van der Waals surface area contributed by atoms with Crippen molar-refractivity contribution < 1.29 is 4.79 Å². The number of nitrogens with zero attached hydrogens (tertiary/aromatic N) is 2. The first kappa shape index (κ1) is 23.4. The number of aromatic nitrogens is 1. The van der Waals surface area contributed by atoms with Crippen molar-refractivity contribution >= 4 is 5.91 Å². The number of likely N-dealkylation sites (tertiary alicyclic amines) is 1. The fourth-order valence-electron chi connectivity index (χ4n) is 6.53. The minimum absolute atomic E-state index is 0.0364. The zero-order valence-corrected chi connectivity index (χ0v) is 21.5. The number of carbonyl (C=O) groups excluding carboxylic acids is 1. The van der Waals surface area contributed by atoms with Crippen molar-refractivity contribution in [1.82, 2.24) is 15.2 Å². The van der Waals surface area contributed by atoms with Crippen LogP contribution in [-0.4, -0.2) is 41.5 Å². The maximum absolute atomic E-state index is 13.1. The predicted molar refractivity (Wildman–Crippen MR) is 145 cm³/mol. The van der Waals surface area contributed by atoms with Crippen LogP contribution in [0.1, 0.15) is 60.2 Å². The summed E-state index contributed by atoms with van der Waals surface area (Å²) in [7, 11) is 0. The van der Waals surface area contributed by atoms with E-state index < -0.39 is 0 Å². The van der Waals surface area contributed by atoms with E-state index in [9.17, 15) is 4.79 Å². The Morgan fingerprint density at radius 2 is 1.94 bits per heavy atom. The predicted octanol–water partition coefficient (Wildman–Crippen LogP) is 5.66. The standard InChI is InChI=1S/C32H37N3O/c1-22-30-19-26-11-12-27(18-29(26)32(22,2)14-17-35(30)21-24-5-6-24)31(36)34-16-13-23-7-9-25(10-8-23)28-4-3-15-33-20-28/h3-4,7-12,15,18,20,22,24,30H,5-6,13-14,16-17,19,21H2,1-2H3,(H,34,36)/t22-,30+,32+/m0/s1. The van der Waals surface area contributed by atoms with Gasteiger partial charge in [0.2, 0.25) is 0 Å². The van der Waals surface area contributed by atoms with Crippen molar-refractivity contribution in [3.8, 4) is 11.1 Å². The SMILES string of the molecule is C[C@H]1[C@H]2Cc3ccc(C(=O)NCCc4ccc(-c5cccnc5)cc4)cc3[C@]1(C)CCN2CC1CC1. The summed E-state index contributed by atoms with van der Waals surface area (Å²) in [6, 6.07) is 19.7. The van der Waals surface area contributed by atoms with Crippen molar-refractivity contribution in [2.24, 2.45) is 11.8 Å². The molecule has 3 atom stereocenters. The zero-order chi connectivity index (χ0) is 24.7. The van der Waals surface area contributed by atoms with Crippen molar-refractivity contribution in [3.05, 3.63) is 89.2 Å². The summed E-state index contributed by atoms with van der Waals surface area (Å²) in [6.45, 7) is 7.99. The summed E-state index contributed by atoms with van der Waals surface area (Å²) in [5.41, 5.74) is 7.32. The second-order valence-corrected chi connectivity index (χ2v) is 11.5. The van der Waals surface area contributed by atoms with E-state index in [0.717, 1.165) is 35.4 Å². The van der Waals surface area contributed by atoms with E-state index in [1.54, 1.807) is 6.20 Å². The van der Waals surface area contributed by atoms with Gasteiger partial charge in [-0.2, -0.15) is 0 Å². The molecule has 3 aliphatic rings. The molecular formula is C32H37N3O. The Kier molecular flexibility index (Phi) is 6.17. The van der Waals surface area contributed by atoms with Crippen molar-refractivity contribution in [1.29, 1.82) is 0 Å². The van der Waals surface area contributed by atoms with Crippen LogP contribution in [-0.2, 0) is 18.3 Å². The van der Waals surface area contributed by atoms with Gasteiger partial charge in [0.15, 0.2) is 0 Å². The molecule has 2 fully saturated rings. The van der Waals surface area contributed by atoms with Crippen LogP contribution >= 0.6 is 0 Å². The van der Waals surface area contributed by atoms with E-state index >= 15 is 0 Å². The van der Waals surface area contributed by atoms with E-state index in [4.69, 9.17) is 0 Å². The molecule has 1 aromatic heterocycles. The van der Waals surface area contributed by atoms with E-state index in [0.29, 0.717) is 18.5 Å². The maximum atomic E-state index is 13.1. The van der Waals surface area contributed by atoms with Gasteiger partial charge in [0.05, 0.1) is 0 Å². The van der Waals surface area contributed by atoms with E-state index in [-0.39, 0.29) is 11.3 Å². The molecule has 6 rings (SSSR count). The number of piperidine rings is 1. The average Bonchev–Trinajstić information content (AvgIpc) is 3.73. The second-order valence-electron chi connectivity index (χ2n) is 11.5. The summed E-state index contributed by atoms with van der Waals surface area (Å²) in [4.78, 5) is 20.0. The third-order valence-corrected chi connectivity index (χ3v) is 9.22. The molecule has 4 nitrogen and oxygen atoms in total. The van der Waals surface area contributed by atoms with E-state index in [2.05, 4.69) is 71.5 Å². The molecule has 36 heavy (non-hydrogen) atoms. The van der Waals surface area contributed by atoms with Crippen LogP contribution in [0.15, 0.2) is 67.0 Å². The highest BCUT2D eigenvalue weighted by atomic mass is 16.1. The van der Waals surface area contributed by atoms with Crippen LogP contribution in [0.2, 0.25) is 0 Å². The van der Waals surface area contributed by atoms with Crippen LogP contribution in [0.5, 0.6) is 0 Å². The van der Waals surface area contributed by atoms with Gasteiger partial charge in [-0.3, -0.25) is 14.7 Å². The minimum Gasteiger partial charge on any atom is -0.352 e. The van der Waals surface area contributed by atoms with Crippen LogP contribution < -0.4 is 5.32 Å². The minimum atomic E-state index is 0.0364. The lowest BCUT2D eigenvalue weighted by molar-refractivity contribution is 0.0284. The zero-order valence-electron chi connectivity index (χ0n) is 21.5. The fourth-order valence-corrected chi connectivity index (χ4v) is 6.53. The van der Waals surface area contributed by atoms with Gasteiger partial charge >= 0.3 is 0 Å². The summed E-state index contributed by atoms with van der Waals surface area (Å²) >= 11 is 0. The van der Waals surface area contributed by atoms with Crippen molar-refractivity contribution in [2.45, 2.75) is 57.4 Å². The molecule has 1 saturated heterocycles. The third-order valence-electron chi connectivity index (χ3n) is 9.22. The molecule has 2 aliphatic carbocycles. The fraction of sp³-hybridized carbons (Fsp3) is 0.438. The van der Waals surface area contributed by atoms with Crippen molar-refractivity contribution in [2.75, 3.05) is 19.6 Å². The molecule has 2 bridgehead atoms. The number of rotatable bonds is 7. The van der Waals surface area contributed by atoms with Gasteiger partial charge in [-0.05, 0) is 102 Å². The first-order valence-electron chi connectivity index (χ1n) is 13.7. The summed E-state index contributed by atoms with van der Waals surface area (Å²) in [5, 5.41) is 3.16. The smallest absolute Gasteiger partial charge is 0.251 e. The van der Waals surface area contributed by atoms with Gasteiger partial charge in [0.1, 0.15) is 0 Å². The summed E-state index contributed by atoms with van der Waals surface area (Å²) in [5.74, 6) is 1.59. The largest absolute Gasteiger partial charge is 0.352 e. The Morgan fingerprint density at radius 1 is 1.11 bits per heavy atom. The molecule has 2 heterocycles. The lowest BCUT2D eigenvalue weighted by Gasteiger charge is -2.55. The number of pyridine rings is 1. The Morgan fingerprint density at radius 3 is 2.69 bits per heavy atom. The highest BCUT2D eigenvalue weighted by Crippen LogP contribution is 2.49. The molecule has 1 N–H and O–H groups in total. The topological polar surface area (TPSA) is 45.2 Å². The maximum Gasteiger partial charge on any atom is 0.251 e. The highest BCUT2D eigenvalue weighted by Gasteiger charge is 2.49. The van der Waals surface area contributed by atoms with Gasteiger partial charge in [-0.15, -0.1) is 0 Å². The van der Waals surface area contributed by atoms with Gasteiger partial charge in [-0.1, -0.05) is 50.2 Å². The molecule has 3 aromatic rings. The number of benzene rings is 2. The molecule has 1 saturated carbocycles. The summed E-state index contributed by atoms with van der Waals surface area (Å²) in [6.07, 6.45) is 9.63. The number of nitrogens with one attached hydrogen (secondary N) is 1. The number of carbonyl (C=O) groups is 1. The summed E-state index contributed by atoms with van der Waals surface area (Å²) < 4.78 is 0. The second kappa shape index (κ2) is 9.48. The highest BCUT2D eigenvalue weighted by molar-refractivity contribution is 5.94. The Labute approximate surface area is 215 Å². The molecule has 186 valence electrons. The van der Waals surface area contributed by atoms with Crippen LogP contribution in [0.4, 0.5) is 0 Å². The van der Waals surface area contributed by atoms with Gasteiger partial charge in [-0.25, -0.2) is 0 Å². The Balaban J connectivity index is 1.10. The number of amides is 1. The monoisotopic (exact) mass is 479 g/mol. The van der Waals surface area contributed by atoms with Gasteiger partial charge in [0.25, 0.3) is 5.91 Å². The van der Waals surface area contributed by atoms with Gasteiger partial charge < -0.3 is 5.32 Å². The first-order valence-corrected chi connectivity index (χ1v) is 13.7. The molecule has 0 spiro atoms. The number of hydrogen-bond donors (Lipinski definition) is 1. The Hall–Kier alpha value is -2.98. The molecule has 2 aromatic carbocycles. The van der Waals surface area contributed by atoms with Crippen LogP contribution in [0.3, 0.4) is 0 Å². The molecule has 1 aliphatic heterocycles. The van der Waals surface area contributed by atoms with E-state index in [1.807, 2.05) is 18.3 Å². The normalized spacial score (nSPS) is 25.3. The first-order chi connectivity index (χ1) is 17.5. The number of hydrogen-bond acceptors (Lipinski definition) is 3. The Bertz CT molecular complexity index is 1230. The third kappa shape index (κ3) is 4.48. The number of fused-ring (bicyclic) bond motifs is 4. The van der Waals surface area contributed by atoms with Crippen LogP contribution in [0.25, 0.3) is 11.1 Å². The lowest BCUT2D eigenvalue weighted by atomic mass is 9.59. The van der Waals surface area contributed by atoms with Crippen molar-refractivity contribution in [3.63, 3.8) is 0 Å². The van der Waals surface area contributed by atoms with Crippen LogP contribution in [0, 0.1) is 11.8 Å². The van der Waals surface area contributed by atoms with E-state index in [1.165, 1.54) is 49.0 Å². The molecule has 0 unspecified atom stereocenters. The molecule has 1 amide bonds. The quantitative estimate of drug-likeness (QED) is 0.476. The molecule has 4 heteroatoms.